The number of pyridine rings is 2. The van der Waals surface area contributed by atoms with Crippen LogP contribution in [0.3, 0.4) is 0 Å². The maximum Gasteiger partial charge on any atom is 0.217 e. The van der Waals surface area contributed by atoms with Gasteiger partial charge in [0, 0.05) is 45.8 Å². The second-order valence-corrected chi connectivity index (χ2v) is 19.0. The van der Waals surface area contributed by atoms with Crippen LogP contribution in [-0.4, -0.2) is 26.0 Å². The van der Waals surface area contributed by atoms with E-state index < -0.39 is 11.1 Å². The van der Waals surface area contributed by atoms with Gasteiger partial charge in [-0.15, -0.1) is 0 Å². The summed E-state index contributed by atoms with van der Waals surface area (Å²) in [5.74, 6) is 2.09. The van der Waals surface area contributed by atoms with Crippen molar-refractivity contribution >= 4 is 27.8 Å². The van der Waals surface area contributed by atoms with Crippen LogP contribution in [0.15, 0.2) is 71.9 Å². The number of ether oxygens (including phenoxy) is 2. The molecule has 3 aromatic heterocycles. The topological polar surface area (TPSA) is 61.5 Å². The molecule has 2 aliphatic heterocycles. The number of aromatic nitrogens is 3. The van der Waals surface area contributed by atoms with Crippen molar-refractivity contribution in [2.75, 3.05) is 0 Å². The molecule has 54 heavy (non-hydrogen) atoms. The van der Waals surface area contributed by atoms with Crippen LogP contribution in [0.2, 0.25) is 0 Å². The van der Waals surface area contributed by atoms with E-state index in [1.165, 1.54) is 44.3 Å². The zero-order chi connectivity index (χ0) is 38.5. The van der Waals surface area contributed by atoms with E-state index in [2.05, 4.69) is 136 Å². The zero-order valence-corrected chi connectivity index (χ0v) is 34.2. The Morgan fingerprint density at radius 3 is 2.28 bits per heavy atom. The Morgan fingerprint density at radius 1 is 0.815 bits per heavy atom. The standard InChI is InChI=1S/C48H52N4O2/c1-26-17-35-34-21-32(44(5,6)7)22-37-40(34)52(42(35)49-25-26)38-23-39(29(4)50-41(38)46(37,11)12)53-33-16-14-15-30(20-33)43-51-47(13)36-19-28(3)27(2)18-31(36)24-48(47,54-43)45(8,9)10/h14-23,25H,24H2,1-13H3/t47-,48-/m1/s1. The number of fused-ring (bicyclic) bond motifs is 8. The normalized spacial score (nSPS) is 21.2. The zero-order valence-electron chi connectivity index (χ0n) is 34.2. The minimum Gasteiger partial charge on any atom is -0.467 e. The third kappa shape index (κ3) is 4.61. The number of benzene rings is 3. The van der Waals surface area contributed by atoms with Crippen molar-refractivity contribution in [2.45, 2.75) is 118 Å². The number of nitrogens with zero attached hydrogens (tertiary/aromatic N) is 4. The number of hydrogen-bond acceptors (Lipinski definition) is 5. The van der Waals surface area contributed by atoms with Gasteiger partial charge in [-0.25, -0.2) is 9.98 Å². The van der Waals surface area contributed by atoms with E-state index in [4.69, 9.17) is 24.4 Å². The summed E-state index contributed by atoms with van der Waals surface area (Å²) in [5.41, 5.74) is 13.3. The highest BCUT2D eigenvalue weighted by molar-refractivity contribution is 6.11. The average molecular weight is 717 g/mol. The summed E-state index contributed by atoms with van der Waals surface area (Å²) in [5, 5.41) is 2.39. The first-order valence-electron chi connectivity index (χ1n) is 19.4. The molecule has 3 aliphatic rings. The lowest BCUT2D eigenvalue weighted by atomic mass is 9.66. The maximum absolute atomic E-state index is 7.12. The molecule has 3 aromatic carbocycles. The van der Waals surface area contributed by atoms with Gasteiger partial charge in [-0.3, -0.25) is 9.55 Å². The summed E-state index contributed by atoms with van der Waals surface area (Å²) < 4.78 is 16.2. The number of hydrogen-bond donors (Lipinski definition) is 0. The van der Waals surface area contributed by atoms with E-state index in [9.17, 15) is 0 Å². The molecule has 0 spiro atoms. The molecule has 6 aromatic rings. The summed E-state index contributed by atoms with van der Waals surface area (Å²) in [7, 11) is 0. The highest BCUT2D eigenvalue weighted by Crippen LogP contribution is 2.60. The third-order valence-corrected chi connectivity index (χ3v) is 12.9. The monoisotopic (exact) mass is 716 g/mol. The fourth-order valence-corrected chi connectivity index (χ4v) is 9.61. The predicted octanol–water partition coefficient (Wildman–Crippen LogP) is 11.6. The molecule has 0 bridgehead atoms. The first kappa shape index (κ1) is 34.8. The van der Waals surface area contributed by atoms with Gasteiger partial charge in [-0.05, 0) is 123 Å². The van der Waals surface area contributed by atoms with Crippen LogP contribution in [0.4, 0.5) is 0 Å². The van der Waals surface area contributed by atoms with E-state index >= 15 is 0 Å². The highest BCUT2D eigenvalue weighted by Gasteiger charge is 2.66. The van der Waals surface area contributed by atoms with E-state index in [0.717, 1.165) is 45.7 Å². The Balaban J connectivity index is 1.15. The summed E-state index contributed by atoms with van der Waals surface area (Å²) >= 11 is 0. The minimum atomic E-state index is -0.515. The molecule has 9 rings (SSSR count). The van der Waals surface area contributed by atoms with Gasteiger partial charge in [0.1, 0.15) is 22.5 Å². The van der Waals surface area contributed by atoms with Crippen LogP contribution < -0.4 is 4.74 Å². The molecule has 0 radical (unpaired) electrons. The molecular formula is C48H52N4O2. The van der Waals surface area contributed by atoms with Crippen LogP contribution in [0, 0.1) is 33.1 Å². The molecule has 276 valence electrons. The van der Waals surface area contributed by atoms with E-state index in [1.54, 1.807) is 0 Å². The Hall–Kier alpha value is -4.97. The molecule has 0 fully saturated rings. The van der Waals surface area contributed by atoms with Gasteiger partial charge in [0.15, 0.2) is 5.75 Å². The van der Waals surface area contributed by atoms with E-state index in [0.29, 0.717) is 17.4 Å². The first-order chi connectivity index (χ1) is 25.2. The van der Waals surface area contributed by atoms with Crippen LogP contribution in [-0.2, 0) is 27.5 Å². The first-order valence-corrected chi connectivity index (χ1v) is 19.4. The molecule has 1 aliphatic carbocycles. The van der Waals surface area contributed by atoms with Gasteiger partial charge in [0.2, 0.25) is 5.90 Å². The van der Waals surface area contributed by atoms with Crippen LogP contribution in [0.25, 0.3) is 27.6 Å². The SMILES string of the molecule is Cc1cnc2c(c1)c1cc(C(C)(C)C)cc3c1n2-c1cc(Oc2cccc(C4=N[C@]5(C)c6cc(C)c(C)cc6C[C@]5(C(C)(C)C)O4)c2)c(C)nc1C3(C)C. The van der Waals surface area contributed by atoms with Crippen molar-refractivity contribution in [3.63, 3.8) is 0 Å². The van der Waals surface area contributed by atoms with Gasteiger partial charge in [-0.2, -0.15) is 0 Å². The smallest absolute Gasteiger partial charge is 0.217 e. The molecule has 0 saturated heterocycles. The van der Waals surface area contributed by atoms with Gasteiger partial charge in [0.05, 0.1) is 22.6 Å². The molecule has 0 saturated carbocycles. The van der Waals surface area contributed by atoms with Crippen molar-refractivity contribution in [1.29, 1.82) is 0 Å². The maximum atomic E-state index is 7.12. The lowest BCUT2D eigenvalue weighted by Crippen LogP contribution is -2.54. The third-order valence-electron chi connectivity index (χ3n) is 12.9. The molecule has 0 amide bonds. The molecule has 6 nitrogen and oxygen atoms in total. The van der Waals surface area contributed by atoms with Crippen molar-refractivity contribution in [3.8, 4) is 17.2 Å². The molecular weight excluding hydrogens is 665 g/mol. The van der Waals surface area contributed by atoms with Gasteiger partial charge in [0.25, 0.3) is 0 Å². The fraction of sp³-hybridized carbons (Fsp3) is 0.396. The quantitative estimate of drug-likeness (QED) is 0.183. The summed E-state index contributed by atoms with van der Waals surface area (Å²) in [6.07, 6.45) is 2.78. The van der Waals surface area contributed by atoms with E-state index in [1.807, 2.05) is 25.3 Å². The van der Waals surface area contributed by atoms with Crippen LogP contribution in [0.5, 0.6) is 11.5 Å². The number of aliphatic imine (C=N–C) groups is 1. The van der Waals surface area contributed by atoms with Crippen molar-refractivity contribution in [3.05, 3.63) is 123 Å². The molecule has 5 heterocycles. The molecule has 2 atom stereocenters. The van der Waals surface area contributed by atoms with Crippen LogP contribution >= 0.6 is 0 Å². The van der Waals surface area contributed by atoms with Crippen molar-refractivity contribution in [1.82, 2.24) is 14.5 Å². The lowest BCUT2D eigenvalue weighted by Gasteiger charge is -2.45. The average Bonchev–Trinajstić information content (AvgIpc) is 3.66. The summed E-state index contributed by atoms with van der Waals surface area (Å²) in [4.78, 5) is 15.8. The summed E-state index contributed by atoms with van der Waals surface area (Å²) in [6, 6.07) is 22.0. The predicted molar refractivity (Wildman–Crippen MR) is 220 cm³/mol. The number of aryl methyl sites for hydroxylation is 4. The summed E-state index contributed by atoms with van der Waals surface area (Å²) in [6.45, 7) is 29.1. The fourth-order valence-electron chi connectivity index (χ4n) is 9.61. The van der Waals surface area contributed by atoms with Gasteiger partial charge in [-0.1, -0.05) is 65.8 Å². The van der Waals surface area contributed by atoms with E-state index in [-0.39, 0.29) is 16.2 Å². The molecule has 6 heteroatoms. The largest absolute Gasteiger partial charge is 0.467 e. The van der Waals surface area contributed by atoms with Gasteiger partial charge < -0.3 is 9.47 Å². The van der Waals surface area contributed by atoms with Crippen LogP contribution in [0.1, 0.15) is 118 Å². The second kappa shape index (κ2) is 10.8. The second-order valence-electron chi connectivity index (χ2n) is 19.0. The van der Waals surface area contributed by atoms with Crippen molar-refractivity contribution < 1.29 is 9.47 Å². The molecule has 0 unspecified atom stereocenters. The Kier molecular flexibility index (Phi) is 6.98. The highest BCUT2D eigenvalue weighted by atomic mass is 16.5. The Bertz CT molecular complexity index is 2650. The number of rotatable bonds is 3. The van der Waals surface area contributed by atoms with Gasteiger partial charge >= 0.3 is 0 Å². The van der Waals surface area contributed by atoms with Crippen molar-refractivity contribution in [2.24, 2.45) is 10.4 Å². The Labute approximate surface area is 319 Å². The Morgan fingerprint density at radius 2 is 1.56 bits per heavy atom. The molecule has 0 N–H and O–H groups in total. The minimum absolute atomic E-state index is 0.0100. The lowest BCUT2D eigenvalue weighted by molar-refractivity contribution is -0.0673.